The molecule has 0 spiro atoms. The zero-order valence-electron chi connectivity index (χ0n) is 23.2. The fourth-order valence-corrected chi connectivity index (χ4v) is 5.72. The van der Waals surface area contributed by atoms with E-state index in [9.17, 15) is 9.90 Å². The predicted molar refractivity (Wildman–Crippen MR) is 148 cm³/mol. The molecule has 7 heteroatoms. The highest BCUT2D eigenvalue weighted by Gasteiger charge is 2.29. The Morgan fingerprint density at radius 2 is 1.78 bits per heavy atom. The SMILES string of the molecule is CCCCc1oc2ccccc2c1C(=O)N1CCC(OCCCN2CCCN(CC(C)(C)O)CC2)CC1. The number of amides is 1. The Labute approximate surface area is 222 Å². The molecule has 0 bridgehead atoms. The molecule has 1 amide bonds. The van der Waals surface area contributed by atoms with E-state index < -0.39 is 5.60 Å². The van der Waals surface area contributed by atoms with Crippen molar-refractivity contribution in [3.63, 3.8) is 0 Å². The van der Waals surface area contributed by atoms with E-state index in [0.717, 1.165) is 126 Å². The number of rotatable bonds is 11. The Kier molecular flexibility index (Phi) is 10.0. The summed E-state index contributed by atoms with van der Waals surface area (Å²) in [6.45, 7) is 14.2. The van der Waals surface area contributed by atoms with Gasteiger partial charge in [0.25, 0.3) is 5.91 Å². The van der Waals surface area contributed by atoms with Crippen molar-refractivity contribution in [2.45, 2.75) is 77.4 Å². The van der Waals surface area contributed by atoms with E-state index in [1.807, 2.05) is 43.0 Å². The molecule has 206 valence electrons. The van der Waals surface area contributed by atoms with Crippen molar-refractivity contribution < 1.29 is 19.1 Å². The molecule has 1 aromatic heterocycles. The minimum Gasteiger partial charge on any atom is -0.460 e. The first-order valence-corrected chi connectivity index (χ1v) is 14.4. The summed E-state index contributed by atoms with van der Waals surface area (Å²) in [6, 6.07) is 7.91. The number of fused-ring (bicyclic) bond motifs is 1. The van der Waals surface area contributed by atoms with Crippen molar-refractivity contribution in [3.05, 3.63) is 35.6 Å². The molecule has 2 saturated heterocycles. The first-order chi connectivity index (χ1) is 17.8. The number of β-amino-alcohol motifs (C(OH)–C–C–N with tert-alkyl or cyclic N) is 1. The molecule has 37 heavy (non-hydrogen) atoms. The Morgan fingerprint density at radius 1 is 1.05 bits per heavy atom. The zero-order chi connectivity index (χ0) is 26.3. The Morgan fingerprint density at radius 3 is 2.54 bits per heavy atom. The van der Waals surface area contributed by atoms with Gasteiger partial charge in [0.05, 0.1) is 17.3 Å². The third-order valence-corrected chi connectivity index (χ3v) is 7.63. The molecule has 0 unspecified atom stereocenters. The van der Waals surface area contributed by atoms with Gasteiger partial charge in [-0.2, -0.15) is 0 Å². The van der Waals surface area contributed by atoms with Crippen molar-refractivity contribution in [1.29, 1.82) is 0 Å². The van der Waals surface area contributed by atoms with Crippen LogP contribution in [0.3, 0.4) is 0 Å². The molecule has 2 aromatic rings. The third kappa shape index (κ3) is 8.03. The van der Waals surface area contributed by atoms with Crippen molar-refractivity contribution in [2.75, 3.05) is 59.0 Å². The van der Waals surface area contributed by atoms with Gasteiger partial charge in [0.2, 0.25) is 0 Å². The van der Waals surface area contributed by atoms with Crippen molar-refractivity contribution in [2.24, 2.45) is 0 Å². The maximum Gasteiger partial charge on any atom is 0.258 e. The predicted octanol–water partition coefficient (Wildman–Crippen LogP) is 4.57. The Bertz CT molecular complexity index is 990. The third-order valence-electron chi connectivity index (χ3n) is 7.63. The van der Waals surface area contributed by atoms with Crippen LogP contribution in [0.25, 0.3) is 11.0 Å². The lowest BCUT2D eigenvalue weighted by atomic mass is 10.0. The van der Waals surface area contributed by atoms with Crippen LogP contribution in [0.15, 0.2) is 28.7 Å². The molecule has 0 radical (unpaired) electrons. The average molecular weight is 514 g/mol. The molecule has 4 rings (SSSR count). The highest BCUT2D eigenvalue weighted by atomic mass is 16.5. The number of carbonyl (C=O) groups excluding carboxylic acids is 1. The minimum atomic E-state index is -0.632. The summed E-state index contributed by atoms with van der Waals surface area (Å²) in [4.78, 5) is 20.4. The number of aliphatic hydroxyl groups is 1. The molecule has 0 saturated carbocycles. The van der Waals surface area contributed by atoms with Crippen LogP contribution < -0.4 is 0 Å². The highest BCUT2D eigenvalue weighted by Crippen LogP contribution is 2.29. The maximum atomic E-state index is 13.5. The lowest BCUT2D eigenvalue weighted by molar-refractivity contribution is 0.00540. The van der Waals surface area contributed by atoms with Crippen LogP contribution in [0.4, 0.5) is 0 Å². The lowest BCUT2D eigenvalue weighted by Gasteiger charge is -2.32. The van der Waals surface area contributed by atoms with Gasteiger partial charge in [0, 0.05) is 57.7 Å². The summed E-state index contributed by atoms with van der Waals surface area (Å²) in [5.74, 6) is 0.942. The number of hydrogen-bond acceptors (Lipinski definition) is 6. The van der Waals surface area contributed by atoms with E-state index in [1.165, 1.54) is 0 Å². The monoisotopic (exact) mass is 513 g/mol. The van der Waals surface area contributed by atoms with Crippen molar-refractivity contribution in [3.8, 4) is 0 Å². The van der Waals surface area contributed by atoms with Gasteiger partial charge in [0.15, 0.2) is 0 Å². The summed E-state index contributed by atoms with van der Waals surface area (Å²) in [6.07, 6.45) is 7.10. The van der Waals surface area contributed by atoms with Crippen LogP contribution in [0.5, 0.6) is 0 Å². The second kappa shape index (κ2) is 13.2. The van der Waals surface area contributed by atoms with Gasteiger partial charge in [-0.25, -0.2) is 0 Å². The first-order valence-electron chi connectivity index (χ1n) is 14.4. The second-order valence-electron chi connectivity index (χ2n) is 11.5. The van der Waals surface area contributed by atoms with Crippen LogP contribution in [-0.4, -0.2) is 96.4 Å². The summed E-state index contributed by atoms with van der Waals surface area (Å²) < 4.78 is 12.3. The Hall–Kier alpha value is -1.93. The summed E-state index contributed by atoms with van der Waals surface area (Å²) in [5.41, 5.74) is 0.943. The van der Waals surface area contributed by atoms with E-state index >= 15 is 0 Å². The van der Waals surface area contributed by atoms with E-state index in [2.05, 4.69) is 16.7 Å². The van der Waals surface area contributed by atoms with E-state index in [0.29, 0.717) is 0 Å². The fraction of sp³-hybridized carbons (Fsp3) is 0.700. The van der Waals surface area contributed by atoms with Crippen molar-refractivity contribution in [1.82, 2.24) is 14.7 Å². The topological polar surface area (TPSA) is 69.4 Å². The van der Waals surface area contributed by atoms with Crippen LogP contribution in [0, 0.1) is 0 Å². The number of piperidine rings is 1. The molecular formula is C30H47N3O4. The van der Waals surface area contributed by atoms with Crippen LogP contribution in [0.1, 0.15) is 75.4 Å². The number of para-hydroxylation sites is 1. The first kappa shape index (κ1) is 28.1. The number of ether oxygens (including phenoxy) is 1. The molecule has 1 N–H and O–H groups in total. The molecule has 0 aliphatic carbocycles. The summed E-state index contributed by atoms with van der Waals surface area (Å²) >= 11 is 0. The smallest absolute Gasteiger partial charge is 0.258 e. The number of aryl methyl sites for hydroxylation is 1. The van der Waals surface area contributed by atoms with Gasteiger partial charge >= 0.3 is 0 Å². The molecule has 2 fully saturated rings. The van der Waals surface area contributed by atoms with Gasteiger partial charge in [-0.3, -0.25) is 9.69 Å². The molecule has 2 aliphatic rings. The minimum absolute atomic E-state index is 0.106. The van der Waals surface area contributed by atoms with Gasteiger partial charge in [-0.05, 0) is 65.1 Å². The fourth-order valence-electron chi connectivity index (χ4n) is 5.72. The van der Waals surface area contributed by atoms with Gasteiger partial charge in [0.1, 0.15) is 11.3 Å². The maximum absolute atomic E-state index is 13.5. The van der Waals surface area contributed by atoms with Crippen molar-refractivity contribution >= 4 is 16.9 Å². The number of likely N-dealkylation sites (tertiary alicyclic amines) is 1. The molecule has 1 aromatic carbocycles. The van der Waals surface area contributed by atoms with Gasteiger partial charge in [-0.1, -0.05) is 31.5 Å². The normalized spacial score (nSPS) is 19.0. The number of carbonyl (C=O) groups is 1. The van der Waals surface area contributed by atoms with E-state index in [-0.39, 0.29) is 12.0 Å². The molecule has 3 heterocycles. The van der Waals surface area contributed by atoms with Gasteiger partial charge < -0.3 is 24.1 Å². The number of nitrogens with zero attached hydrogens (tertiary/aromatic N) is 3. The second-order valence-corrected chi connectivity index (χ2v) is 11.5. The number of benzene rings is 1. The molecule has 2 aliphatic heterocycles. The van der Waals surface area contributed by atoms with Crippen LogP contribution in [0.2, 0.25) is 0 Å². The standard InChI is InChI=1S/C30H47N3O4/c1-4-5-11-27-28(25-10-6-7-12-26(25)37-27)29(34)33-18-13-24(14-19-33)36-22-9-17-31-15-8-16-32(21-20-31)23-30(2,3)35/h6-7,10,12,24,35H,4-5,8-9,11,13-23H2,1-3H3. The quantitative estimate of drug-likeness (QED) is 0.444. The molecule has 7 nitrogen and oxygen atoms in total. The van der Waals surface area contributed by atoms with E-state index in [1.54, 1.807) is 0 Å². The van der Waals surface area contributed by atoms with Gasteiger partial charge in [-0.15, -0.1) is 0 Å². The van der Waals surface area contributed by atoms with Crippen LogP contribution >= 0.6 is 0 Å². The molecule has 0 atom stereocenters. The summed E-state index contributed by atoms with van der Waals surface area (Å²) in [5, 5.41) is 11.0. The average Bonchev–Trinajstić information content (AvgIpc) is 3.11. The summed E-state index contributed by atoms with van der Waals surface area (Å²) in [7, 11) is 0. The highest BCUT2D eigenvalue weighted by molar-refractivity contribution is 6.07. The van der Waals surface area contributed by atoms with Crippen LogP contribution in [-0.2, 0) is 11.2 Å². The number of hydrogen-bond donors (Lipinski definition) is 1. The largest absolute Gasteiger partial charge is 0.460 e. The van der Waals surface area contributed by atoms with E-state index in [4.69, 9.17) is 9.15 Å². The Balaban J connectivity index is 1.19. The number of unbranched alkanes of at least 4 members (excludes halogenated alkanes) is 1. The zero-order valence-corrected chi connectivity index (χ0v) is 23.2. The number of furan rings is 1. The lowest BCUT2D eigenvalue weighted by Crippen LogP contribution is -2.41. The molecular weight excluding hydrogens is 466 g/mol.